The molecule has 2 aromatic rings. The summed E-state index contributed by atoms with van der Waals surface area (Å²) in [5, 5.41) is 8.87. The Hall–Kier alpha value is -2.19. The summed E-state index contributed by atoms with van der Waals surface area (Å²) in [6.45, 7) is 0. The van der Waals surface area contributed by atoms with Crippen LogP contribution in [0.3, 0.4) is 0 Å². The lowest BCUT2D eigenvalue weighted by atomic mass is 10.1. The lowest BCUT2D eigenvalue weighted by molar-refractivity contribution is 0.411. The molecule has 1 N–H and O–H groups in total. The summed E-state index contributed by atoms with van der Waals surface area (Å²) in [4.78, 5) is 6.93. The van der Waals surface area contributed by atoms with Crippen LogP contribution in [0.15, 0.2) is 30.6 Å². The molecule has 4 nitrogen and oxygen atoms in total. The third-order valence-electron chi connectivity index (χ3n) is 2.30. The summed E-state index contributed by atoms with van der Waals surface area (Å²) in [6.07, 6.45) is 1.51. The number of hydrogen-bond donors (Lipinski definition) is 1. The van der Waals surface area contributed by atoms with E-state index in [1.54, 1.807) is 12.1 Å². The van der Waals surface area contributed by atoms with Crippen molar-refractivity contribution in [1.29, 1.82) is 5.26 Å². The average Bonchev–Trinajstić information content (AvgIpc) is 2.38. The van der Waals surface area contributed by atoms with Gasteiger partial charge in [0.2, 0.25) is 0 Å². The molecule has 0 amide bonds. The molecule has 0 bridgehead atoms. The first-order valence-electron chi connectivity index (χ1n) is 4.88. The van der Waals surface area contributed by atoms with E-state index in [1.807, 2.05) is 12.1 Å². The third-order valence-corrected chi connectivity index (χ3v) is 2.59. The molecule has 5 heteroatoms. The predicted molar refractivity (Wildman–Crippen MR) is 66.1 cm³/mol. The van der Waals surface area contributed by atoms with E-state index < -0.39 is 0 Å². The first-order valence-corrected chi connectivity index (χ1v) is 5.29. The van der Waals surface area contributed by atoms with Gasteiger partial charge in [0.1, 0.15) is 0 Å². The lowest BCUT2D eigenvalue weighted by Gasteiger charge is -2.07. The average molecular weight is 243 g/mol. The van der Waals surface area contributed by atoms with Crippen molar-refractivity contribution < 1.29 is 4.74 Å². The highest BCUT2D eigenvalue weighted by molar-refractivity contribution is 7.71. The second kappa shape index (κ2) is 4.76. The van der Waals surface area contributed by atoms with Crippen LogP contribution in [0.2, 0.25) is 0 Å². The van der Waals surface area contributed by atoms with E-state index in [0.29, 0.717) is 16.0 Å². The molecule has 1 heterocycles. The molecule has 0 unspecified atom stereocenters. The number of rotatable bonds is 2. The molecule has 0 fully saturated rings. The molecule has 0 aliphatic carbocycles. The molecule has 0 atom stereocenters. The van der Waals surface area contributed by atoms with E-state index in [0.717, 1.165) is 11.3 Å². The van der Waals surface area contributed by atoms with E-state index in [9.17, 15) is 0 Å². The van der Waals surface area contributed by atoms with Crippen LogP contribution in [0.5, 0.6) is 5.75 Å². The van der Waals surface area contributed by atoms with Gasteiger partial charge in [-0.2, -0.15) is 5.26 Å². The summed E-state index contributed by atoms with van der Waals surface area (Å²) in [7, 11) is 1.54. The molecular formula is C12H9N3OS. The monoisotopic (exact) mass is 243 g/mol. The minimum Gasteiger partial charge on any atom is -0.491 e. The zero-order valence-electron chi connectivity index (χ0n) is 9.10. The van der Waals surface area contributed by atoms with Crippen molar-refractivity contribution in [3.63, 3.8) is 0 Å². The van der Waals surface area contributed by atoms with Gasteiger partial charge < -0.3 is 9.72 Å². The van der Waals surface area contributed by atoms with Gasteiger partial charge in [-0.1, -0.05) is 24.4 Å². The van der Waals surface area contributed by atoms with Gasteiger partial charge in [-0.15, -0.1) is 0 Å². The standard InChI is InChI=1S/C12H9N3OS/c1-16-11-10(14-7-15-12(11)17)9-4-2-3-8(5-9)6-13/h2-5,7H,1H3,(H,14,15,17). The second-order valence-electron chi connectivity index (χ2n) is 3.31. The molecule has 17 heavy (non-hydrogen) atoms. The molecule has 1 aromatic heterocycles. The Morgan fingerprint density at radius 3 is 3.00 bits per heavy atom. The fourth-order valence-corrected chi connectivity index (χ4v) is 1.77. The molecule has 2 rings (SSSR count). The number of H-pyrrole nitrogens is 1. The Kier molecular flexibility index (Phi) is 3.17. The highest BCUT2D eigenvalue weighted by atomic mass is 32.1. The number of nitriles is 1. The molecule has 1 aromatic carbocycles. The van der Waals surface area contributed by atoms with Crippen molar-refractivity contribution in [1.82, 2.24) is 9.97 Å². The van der Waals surface area contributed by atoms with Crippen molar-refractivity contribution in [3.8, 4) is 23.1 Å². The van der Waals surface area contributed by atoms with Gasteiger partial charge in [0.15, 0.2) is 10.4 Å². The summed E-state index contributed by atoms with van der Waals surface area (Å²) in [5.74, 6) is 0.512. The normalized spacial score (nSPS) is 9.65. The van der Waals surface area contributed by atoms with E-state index in [2.05, 4.69) is 16.0 Å². The van der Waals surface area contributed by atoms with Crippen LogP contribution in [0.4, 0.5) is 0 Å². The Labute approximate surface area is 104 Å². The number of ether oxygens (including phenoxy) is 1. The van der Waals surface area contributed by atoms with Crippen LogP contribution in [0.25, 0.3) is 11.3 Å². The topological polar surface area (TPSA) is 61.7 Å². The number of methoxy groups -OCH3 is 1. The fraction of sp³-hybridized carbons (Fsp3) is 0.0833. The van der Waals surface area contributed by atoms with Crippen LogP contribution < -0.4 is 4.74 Å². The van der Waals surface area contributed by atoms with Gasteiger partial charge in [-0.05, 0) is 12.1 Å². The molecule has 0 aliphatic rings. The smallest absolute Gasteiger partial charge is 0.179 e. The maximum absolute atomic E-state index is 8.87. The summed E-state index contributed by atoms with van der Waals surface area (Å²) in [5.41, 5.74) is 2.15. The summed E-state index contributed by atoms with van der Waals surface area (Å²) < 4.78 is 5.62. The van der Waals surface area contributed by atoms with Crippen molar-refractivity contribution in [2.45, 2.75) is 0 Å². The van der Waals surface area contributed by atoms with E-state index in [4.69, 9.17) is 22.2 Å². The number of hydrogen-bond acceptors (Lipinski definition) is 4. The molecule has 0 spiro atoms. The highest BCUT2D eigenvalue weighted by Crippen LogP contribution is 2.27. The van der Waals surface area contributed by atoms with Gasteiger partial charge in [0.25, 0.3) is 0 Å². The molecule has 0 saturated heterocycles. The van der Waals surface area contributed by atoms with Gasteiger partial charge in [0.05, 0.1) is 30.8 Å². The molecule has 0 saturated carbocycles. The third kappa shape index (κ3) is 2.17. The highest BCUT2D eigenvalue weighted by Gasteiger charge is 2.08. The number of aromatic amines is 1. The van der Waals surface area contributed by atoms with Crippen LogP contribution in [-0.2, 0) is 0 Å². The Morgan fingerprint density at radius 1 is 1.47 bits per heavy atom. The molecule has 0 aliphatic heterocycles. The maximum atomic E-state index is 8.87. The SMILES string of the molecule is COc1c(-c2cccc(C#N)c2)[nH]cnc1=S. The Morgan fingerprint density at radius 2 is 2.29 bits per heavy atom. The molecular weight excluding hydrogens is 234 g/mol. The van der Waals surface area contributed by atoms with Gasteiger partial charge in [0, 0.05) is 5.56 Å². The van der Waals surface area contributed by atoms with Gasteiger partial charge >= 0.3 is 0 Å². The minimum absolute atomic E-state index is 0.392. The van der Waals surface area contributed by atoms with Crippen molar-refractivity contribution >= 4 is 12.2 Å². The first-order chi connectivity index (χ1) is 8.26. The van der Waals surface area contributed by atoms with Crippen LogP contribution in [0.1, 0.15) is 5.56 Å². The van der Waals surface area contributed by atoms with E-state index in [1.165, 1.54) is 13.4 Å². The number of benzene rings is 1. The zero-order valence-corrected chi connectivity index (χ0v) is 9.91. The maximum Gasteiger partial charge on any atom is 0.179 e. The van der Waals surface area contributed by atoms with Gasteiger partial charge in [-0.25, -0.2) is 4.98 Å². The minimum atomic E-state index is 0.392. The van der Waals surface area contributed by atoms with E-state index in [-0.39, 0.29) is 0 Å². The van der Waals surface area contributed by atoms with Crippen LogP contribution in [-0.4, -0.2) is 17.1 Å². The Bertz CT molecular complexity index is 643. The molecule has 0 radical (unpaired) electrons. The van der Waals surface area contributed by atoms with Crippen molar-refractivity contribution in [3.05, 3.63) is 40.8 Å². The van der Waals surface area contributed by atoms with Crippen molar-refractivity contribution in [2.75, 3.05) is 7.11 Å². The molecule has 84 valence electrons. The lowest BCUT2D eigenvalue weighted by Crippen LogP contribution is -1.94. The van der Waals surface area contributed by atoms with Crippen LogP contribution in [0, 0.1) is 16.0 Å². The summed E-state index contributed by atoms with van der Waals surface area (Å²) in [6, 6.07) is 9.29. The van der Waals surface area contributed by atoms with E-state index >= 15 is 0 Å². The van der Waals surface area contributed by atoms with Crippen molar-refractivity contribution in [2.24, 2.45) is 0 Å². The van der Waals surface area contributed by atoms with Gasteiger partial charge in [-0.3, -0.25) is 0 Å². The Balaban J connectivity index is 2.65. The second-order valence-corrected chi connectivity index (χ2v) is 3.70. The van der Waals surface area contributed by atoms with Crippen LogP contribution >= 0.6 is 12.2 Å². The quantitative estimate of drug-likeness (QED) is 0.824. The summed E-state index contributed by atoms with van der Waals surface area (Å²) >= 11 is 5.08. The first kappa shape index (κ1) is 11.3. The predicted octanol–water partition coefficient (Wildman–Crippen LogP) is 2.69. The largest absolute Gasteiger partial charge is 0.491 e. The number of nitrogens with zero attached hydrogens (tertiary/aromatic N) is 2. The zero-order chi connectivity index (χ0) is 12.3. The fourth-order valence-electron chi connectivity index (χ4n) is 1.53. The number of aromatic nitrogens is 2. The number of nitrogens with one attached hydrogen (secondary N) is 1.